The van der Waals surface area contributed by atoms with Gasteiger partial charge in [-0.15, -0.1) is 11.6 Å². The van der Waals surface area contributed by atoms with Gasteiger partial charge in [0.25, 0.3) is 0 Å². The second kappa shape index (κ2) is 6.34. The fraction of sp³-hybridized carbons (Fsp3) is 0.692. The lowest BCUT2D eigenvalue weighted by Crippen LogP contribution is -2.26. The summed E-state index contributed by atoms with van der Waals surface area (Å²) >= 11 is 5.76. The van der Waals surface area contributed by atoms with Gasteiger partial charge in [0, 0.05) is 23.5 Å². The lowest BCUT2D eigenvalue weighted by molar-refractivity contribution is 0.223. The lowest BCUT2D eigenvalue weighted by Gasteiger charge is -2.18. The van der Waals surface area contributed by atoms with Crippen molar-refractivity contribution < 1.29 is 4.74 Å². The summed E-state index contributed by atoms with van der Waals surface area (Å²) in [7, 11) is 2.17. The third-order valence-corrected chi connectivity index (χ3v) is 3.84. The molecule has 0 bridgehead atoms. The largest absolute Gasteiger partial charge is 0.463 e. The number of ether oxygens (including phenoxy) is 1. The van der Waals surface area contributed by atoms with E-state index in [1.54, 1.807) is 6.20 Å². The number of hydrogen-bond donors (Lipinski definition) is 0. The van der Waals surface area contributed by atoms with Crippen molar-refractivity contribution in [3.63, 3.8) is 0 Å². The minimum atomic E-state index is 0.443. The molecule has 2 rings (SSSR count). The molecular formula is C13H20ClN3O. The van der Waals surface area contributed by atoms with E-state index in [0.717, 1.165) is 17.7 Å². The maximum absolute atomic E-state index is 5.76. The van der Waals surface area contributed by atoms with Gasteiger partial charge >= 0.3 is 6.01 Å². The van der Waals surface area contributed by atoms with Crippen LogP contribution in [0.15, 0.2) is 6.20 Å². The van der Waals surface area contributed by atoms with Crippen LogP contribution in [0.4, 0.5) is 0 Å². The molecule has 1 fully saturated rings. The molecule has 1 atom stereocenters. The Balaban J connectivity index is 1.81. The van der Waals surface area contributed by atoms with Crippen molar-refractivity contribution in [3.05, 3.63) is 17.5 Å². The first-order chi connectivity index (χ1) is 8.70. The van der Waals surface area contributed by atoms with Gasteiger partial charge in [0.2, 0.25) is 0 Å². The first kappa shape index (κ1) is 13.6. The van der Waals surface area contributed by atoms with Crippen molar-refractivity contribution in [2.75, 3.05) is 20.2 Å². The third-order valence-electron chi connectivity index (χ3n) is 3.56. The van der Waals surface area contributed by atoms with Gasteiger partial charge in [-0.1, -0.05) is 0 Å². The van der Waals surface area contributed by atoms with Crippen LogP contribution < -0.4 is 4.74 Å². The van der Waals surface area contributed by atoms with Gasteiger partial charge in [0.05, 0.1) is 12.5 Å². The van der Waals surface area contributed by atoms with Gasteiger partial charge in [-0.25, -0.2) is 9.97 Å². The van der Waals surface area contributed by atoms with Gasteiger partial charge in [0.15, 0.2) is 0 Å². The van der Waals surface area contributed by atoms with E-state index in [2.05, 4.69) is 21.9 Å². The quantitative estimate of drug-likeness (QED) is 0.770. The molecule has 1 aromatic heterocycles. The molecule has 0 saturated carbocycles. The fourth-order valence-electron chi connectivity index (χ4n) is 2.30. The highest BCUT2D eigenvalue weighted by atomic mass is 35.5. The lowest BCUT2D eigenvalue weighted by atomic mass is 10.1. The van der Waals surface area contributed by atoms with E-state index in [9.17, 15) is 0 Å². The van der Waals surface area contributed by atoms with Crippen LogP contribution in [0.5, 0.6) is 6.01 Å². The highest BCUT2D eigenvalue weighted by Crippen LogP contribution is 2.18. The van der Waals surface area contributed by atoms with E-state index in [4.69, 9.17) is 16.3 Å². The van der Waals surface area contributed by atoms with Crippen LogP contribution in [0.3, 0.4) is 0 Å². The van der Waals surface area contributed by atoms with Gasteiger partial charge in [-0.3, -0.25) is 0 Å². The number of alkyl halides is 1. The first-order valence-corrected chi connectivity index (χ1v) is 6.95. The van der Waals surface area contributed by atoms with E-state index in [1.807, 2.05) is 6.92 Å². The van der Waals surface area contributed by atoms with Crippen LogP contribution in [0.1, 0.15) is 30.5 Å². The molecule has 0 aromatic carbocycles. The normalized spacial score (nSPS) is 20.3. The Morgan fingerprint density at radius 2 is 2.39 bits per heavy atom. The van der Waals surface area contributed by atoms with Crippen molar-refractivity contribution in [3.8, 4) is 6.01 Å². The van der Waals surface area contributed by atoms with Crippen LogP contribution in [0, 0.1) is 6.92 Å². The highest BCUT2D eigenvalue weighted by Gasteiger charge is 2.20. The predicted molar refractivity (Wildman–Crippen MR) is 72.1 cm³/mol. The molecule has 1 aliphatic heterocycles. The molecule has 1 saturated heterocycles. The smallest absolute Gasteiger partial charge is 0.316 e. The topological polar surface area (TPSA) is 38.2 Å². The Bertz CT molecular complexity index is 400. The summed E-state index contributed by atoms with van der Waals surface area (Å²) in [6.45, 7) is 3.80. The summed E-state index contributed by atoms with van der Waals surface area (Å²) in [6, 6.07) is 1.11. The molecule has 0 radical (unpaired) electrons. The zero-order chi connectivity index (χ0) is 13.0. The molecule has 4 nitrogen and oxygen atoms in total. The van der Waals surface area contributed by atoms with Gasteiger partial charge in [0.1, 0.15) is 0 Å². The van der Waals surface area contributed by atoms with Crippen LogP contribution in [-0.4, -0.2) is 41.1 Å². The molecule has 100 valence electrons. The molecule has 2 heterocycles. The maximum atomic E-state index is 5.76. The molecule has 0 spiro atoms. The van der Waals surface area contributed by atoms with Crippen LogP contribution in [0.25, 0.3) is 0 Å². The monoisotopic (exact) mass is 269 g/mol. The molecular weight excluding hydrogens is 250 g/mol. The van der Waals surface area contributed by atoms with E-state index in [1.165, 1.54) is 19.4 Å². The minimum absolute atomic E-state index is 0.443. The Hall–Kier alpha value is -0.870. The number of halogens is 1. The number of likely N-dealkylation sites (tertiary alicyclic amines) is 1. The fourth-order valence-corrected chi connectivity index (χ4v) is 2.56. The van der Waals surface area contributed by atoms with E-state index in [0.29, 0.717) is 24.5 Å². The highest BCUT2D eigenvalue weighted by molar-refractivity contribution is 6.17. The van der Waals surface area contributed by atoms with Crippen molar-refractivity contribution in [2.24, 2.45) is 0 Å². The first-order valence-electron chi connectivity index (χ1n) is 6.42. The second-order valence-electron chi connectivity index (χ2n) is 4.81. The molecule has 0 amide bonds. The number of hydrogen-bond acceptors (Lipinski definition) is 4. The number of rotatable bonds is 5. The van der Waals surface area contributed by atoms with Gasteiger partial charge < -0.3 is 9.64 Å². The predicted octanol–water partition coefficient (Wildman–Crippen LogP) is 2.39. The van der Waals surface area contributed by atoms with Crippen molar-refractivity contribution >= 4 is 11.6 Å². The average molecular weight is 270 g/mol. The van der Waals surface area contributed by atoms with E-state index in [-0.39, 0.29) is 0 Å². The van der Waals surface area contributed by atoms with Crippen molar-refractivity contribution in [1.82, 2.24) is 14.9 Å². The van der Waals surface area contributed by atoms with E-state index >= 15 is 0 Å². The Morgan fingerprint density at radius 1 is 1.56 bits per heavy atom. The Labute approximate surface area is 113 Å². The van der Waals surface area contributed by atoms with Crippen LogP contribution >= 0.6 is 11.6 Å². The van der Waals surface area contributed by atoms with Gasteiger partial charge in [-0.05, 0) is 39.8 Å². The maximum Gasteiger partial charge on any atom is 0.316 e. The molecule has 5 heteroatoms. The summed E-state index contributed by atoms with van der Waals surface area (Å²) < 4.78 is 5.60. The summed E-state index contributed by atoms with van der Waals surface area (Å²) in [4.78, 5) is 10.9. The molecule has 1 aromatic rings. The minimum Gasteiger partial charge on any atom is -0.463 e. The van der Waals surface area contributed by atoms with Gasteiger partial charge in [-0.2, -0.15) is 0 Å². The van der Waals surface area contributed by atoms with E-state index < -0.39 is 0 Å². The Morgan fingerprint density at radius 3 is 3.00 bits per heavy atom. The SMILES string of the molecule is Cc1nc(OCCC2CCCN2C)ncc1CCl. The van der Waals surface area contributed by atoms with Crippen molar-refractivity contribution in [2.45, 2.75) is 38.1 Å². The number of nitrogens with zero attached hydrogens (tertiary/aromatic N) is 3. The van der Waals surface area contributed by atoms with Crippen LogP contribution in [-0.2, 0) is 5.88 Å². The summed E-state index contributed by atoms with van der Waals surface area (Å²) in [6.07, 6.45) is 5.34. The Kier molecular flexibility index (Phi) is 4.78. The second-order valence-corrected chi connectivity index (χ2v) is 5.08. The summed E-state index contributed by atoms with van der Waals surface area (Å²) in [5.41, 5.74) is 1.85. The zero-order valence-electron chi connectivity index (χ0n) is 11.0. The molecule has 1 aliphatic rings. The number of aryl methyl sites for hydroxylation is 1. The molecule has 1 unspecified atom stereocenters. The number of aromatic nitrogens is 2. The van der Waals surface area contributed by atoms with Crippen molar-refractivity contribution in [1.29, 1.82) is 0 Å². The standard InChI is InChI=1S/C13H20ClN3O/c1-10-11(8-14)9-15-13(16-10)18-7-5-12-4-3-6-17(12)2/h9,12H,3-8H2,1-2H3. The molecule has 0 aliphatic carbocycles. The summed E-state index contributed by atoms with van der Waals surface area (Å²) in [5.74, 6) is 0.443. The molecule has 0 N–H and O–H groups in total. The van der Waals surface area contributed by atoms with Crippen LogP contribution in [0.2, 0.25) is 0 Å². The molecule has 18 heavy (non-hydrogen) atoms. The third kappa shape index (κ3) is 3.33. The summed E-state index contributed by atoms with van der Waals surface area (Å²) in [5, 5.41) is 0. The zero-order valence-corrected chi connectivity index (χ0v) is 11.8. The average Bonchev–Trinajstić information content (AvgIpc) is 2.75.